The number of hydrogen-bond donors (Lipinski definition) is 2. The van der Waals surface area contributed by atoms with Gasteiger partial charge in [0, 0.05) is 19.6 Å². The Morgan fingerprint density at radius 3 is 2.53 bits per heavy atom. The van der Waals surface area contributed by atoms with Gasteiger partial charge in [-0.3, -0.25) is 4.79 Å². The van der Waals surface area contributed by atoms with E-state index in [1.807, 2.05) is 0 Å². The molecule has 0 bridgehead atoms. The zero-order valence-corrected chi connectivity index (χ0v) is 11.8. The summed E-state index contributed by atoms with van der Waals surface area (Å²) >= 11 is 0. The molecule has 0 aromatic heterocycles. The van der Waals surface area contributed by atoms with Crippen molar-refractivity contribution in [2.75, 3.05) is 40.3 Å². The second kappa shape index (κ2) is 5.83. The summed E-state index contributed by atoms with van der Waals surface area (Å²) in [7, 11) is 4.12. The molecule has 4 heteroatoms. The van der Waals surface area contributed by atoms with Crippen molar-refractivity contribution in [3.63, 3.8) is 0 Å². The minimum Gasteiger partial charge on any atom is -0.355 e. The number of rotatable bonds is 5. The van der Waals surface area contributed by atoms with Gasteiger partial charge >= 0.3 is 0 Å². The highest BCUT2D eigenvalue weighted by molar-refractivity contribution is 5.79. The highest BCUT2D eigenvalue weighted by atomic mass is 16.1. The number of nitrogens with one attached hydrogen (secondary N) is 2. The van der Waals surface area contributed by atoms with Crippen molar-refractivity contribution in [1.29, 1.82) is 0 Å². The van der Waals surface area contributed by atoms with Crippen molar-refractivity contribution in [2.24, 2.45) is 17.3 Å². The van der Waals surface area contributed by atoms with Crippen LogP contribution in [0, 0.1) is 17.3 Å². The summed E-state index contributed by atoms with van der Waals surface area (Å²) in [4.78, 5) is 14.2. The molecule has 1 fully saturated rings. The Morgan fingerprint density at radius 2 is 2.06 bits per heavy atom. The molecule has 0 aromatic rings. The summed E-state index contributed by atoms with van der Waals surface area (Å²) in [5.41, 5.74) is 0.119. The number of carbonyl (C=O) groups excluding carboxylic acids is 1. The molecule has 0 aliphatic carbocycles. The first-order valence-electron chi connectivity index (χ1n) is 6.45. The van der Waals surface area contributed by atoms with E-state index in [0.717, 1.165) is 26.2 Å². The van der Waals surface area contributed by atoms with Crippen molar-refractivity contribution >= 4 is 5.91 Å². The quantitative estimate of drug-likeness (QED) is 0.739. The summed E-state index contributed by atoms with van der Waals surface area (Å²) in [6, 6.07) is 0. The minimum atomic E-state index is 0.119. The molecule has 1 heterocycles. The Balaban J connectivity index is 2.37. The Hall–Kier alpha value is -0.610. The Bertz CT molecular complexity index is 263. The maximum Gasteiger partial charge on any atom is 0.224 e. The predicted molar refractivity (Wildman–Crippen MR) is 70.9 cm³/mol. The molecule has 0 spiro atoms. The molecule has 4 nitrogen and oxygen atoms in total. The maximum atomic E-state index is 12.0. The van der Waals surface area contributed by atoms with Crippen molar-refractivity contribution in [2.45, 2.75) is 20.8 Å². The first kappa shape index (κ1) is 14.5. The van der Waals surface area contributed by atoms with E-state index in [2.05, 4.69) is 50.4 Å². The van der Waals surface area contributed by atoms with Crippen LogP contribution in [0.25, 0.3) is 0 Å². The van der Waals surface area contributed by atoms with E-state index in [-0.39, 0.29) is 17.2 Å². The lowest BCUT2D eigenvalue weighted by Crippen LogP contribution is -2.43. The van der Waals surface area contributed by atoms with Gasteiger partial charge in [-0.25, -0.2) is 0 Å². The first-order valence-corrected chi connectivity index (χ1v) is 6.45. The number of nitrogens with zero attached hydrogens (tertiary/aromatic N) is 1. The van der Waals surface area contributed by atoms with Crippen molar-refractivity contribution < 1.29 is 4.79 Å². The molecule has 2 atom stereocenters. The third kappa shape index (κ3) is 4.64. The Labute approximate surface area is 105 Å². The second-order valence-corrected chi connectivity index (χ2v) is 6.36. The van der Waals surface area contributed by atoms with Crippen LogP contribution in [0.3, 0.4) is 0 Å². The number of hydrogen-bond acceptors (Lipinski definition) is 3. The van der Waals surface area contributed by atoms with Gasteiger partial charge in [0.1, 0.15) is 0 Å². The summed E-state index contributed by atoms with van der Waals surface area (Å²) in [6.07, 6.45) is 0. The molecule has 1 amide bonds. The lowest BCUT2D eigenvalue weighted by atomic mass is 9.91. The Kier molecular flexibility index (Phi) is 4.95. The van der Waals surface area contributed by atoms with Gasteiger partial charge in [0.05, 0.1) is 5.92 Å². The van der Waals surface area contributed by atoms with Gasteiger partial charge in [-0.05, 0) is 32.0 Å². The first-order chi connectivity index (χ1) is 7.82. The van der Waals surface area contributed by atoms with Gasteiger partial charge in [0.25, 0.3) is 0 Å². The third-order valence-corrected chi connectivity index (χ3v) is 3.34. The molecule has 1 aliphatic heterocycles. The Morgan fingerprint density at radius 1 is 1.41 bits per heavy atom. The maximum absolute atomic E-state index is 12.0. The van der Waals surface area contributed by atoms with Crippen LogP contribution < -0.4 is 10.6 Å². The van der Waals surface area contributed by atoms with E-state index in [0.29, 0.717) is 5.92 Å². The van der Waals surface area contributed by atoms with E-state index in [1.54, 1.807) is 0 Å². The molecule has 0 aromatic carbocycles. The highest BCUT2D eigenvalue weighted by Crippen LogP contribution is 2.18. The van der Waals surface area contributed by atoms with E-state index in [1.165, 1.54) is 0 Å². The normalized spacial score (nSPS) is 25.3. The topological polar surface area (TPSA) is 44.4 Å². The summed E-state index contributed by atoms with van der Waals surface area (Å²) in [6.45, 7) is 10.0. The van der Waals surface area contributed by atoms with Gasteiger partial charge in [0.2, 0.25) is 5.91 Å². The highest BCUT2D eigenvalue weighted by Gasteiger charge is 2.30. The fourth-order valence-electron chi connectivity index (χ4n) is 2.53. The molecular weight excluding hydrogens is 214 g/mol. The van der Waals surface area contributed by atoms with E-state index in [9.17, 15) is 4.79 Å². The van der Waals surface area contributed by atoms with Gasteiger partial charge < -0.3 is 15.5 Å². The van der Waals surface area contributed by atoms with Gasteiger partial charge in [-0.15, -0.1) is 0 Å². The molecular formula is C13H27N3O. The predicted octanol–water partition coefficient (Wildman–Crippen LogP) is 0.546. The van der Waals surface area contributed by atoms with Crippen LogP contribution in [0.2, 0.25) is 0 Å². The van der Waals surface area contributed by atoms with E-state index >= 15 is 0 Å². The molecule has 1 rings (SSSR count). The summed E-state index contributed by atoms with van der Waals surface area (Å²) in [5, 5.41) is 6.36. The fourth-order valence-corrected chi connectivity index (χ4v) is 2.53. The van der Waals surface area contributed by atoms with Crippen molar-refractivity contribution in [3.8, 4) is 0 Å². The van der Waals surface area contributed by atoms with Crippen LogP contribution in [-0.2, 0) is 4.79 Å². The van der Waals surface area contributed by atoms with Crippen LogP contribution >= 0.6 is 0 Å². The molecule has 1 saturated heterocycles. The minimum absolute atomic E-state index is 0.119. The largest absolute Gasteiger partial charge is 0.355 e. The number of amides is 1. The molecule has 0 radical (unpaired) electrons. The second-order valence-electron chi connectivity index (χ2n) is 6.36. The lowest BCUT2D eigenvalue weighted by molar-refractivity contribution is -0.125. The molecule has 100 valence electrons. The third-order valence-electron chi connectivity index (χ3n) is 3.34. The lowest BCUT2D eigenvalue weighted by Gasteiger charge is -2.29. The number of carbonyl (C=O) groups is 1. The average Bonchev–Trinajstić information content (AvgIpc) is 2.59. The van der Waals surface area contributed by atoms with E-state index in [4.69, 9.17) is 0 Å². The SMILES string of the molecule is C[C@@H]1CNC[C@H]1C(=O)NCC(C)(C)CN(C)C. The summed E-state index contributed by atoms with van der Waals surface area (Å²) < 4.78 is 0. The zero-order chi connectivity index (χ0) is 13.1. The van der Waals surface area contributed by atoms with Gasteiger partial charge in [-0.1, -0.05) is 20.8 Å². The molecule has 0 saturated carbocycles. The van der Waals surface area contributed by atoms with Crippen molar-refractivity contribution in [1.82, 2.24) is 15.5 Å². The zero-order valence-electron chi connectivity index (χ0n) is 11.8. The van der Waals surface area contributed by atoms with E-state index < -0.39 is 0 Å². The average molecular weight is 241 g/mol. The standard InChI is InChI=1S/C13H27N3O/c1-10-6-14-7-11(10)12(17)15-8-13(2,3)9-16(4)5/h10-11,14H,6-9H2,1-5H3,(H,15,17)/t10-,11-/m1/s1. The molecule has 0 unspecified atom stereocenters. The molecule has 17 heavy (non-hydrogen) atoms. The van der Waals surface area contributed by atoms with Gasteiger partial charge in [0.15, 0.2) is 0 Å². The van der Waals surface area contributed by atoms with Gasteiger partial charge in [-0.2, -0.15) is 0 Å². The monoisotopic (exact) mass is 241 g/mol. The van der Waals surface area contributed by atoms with Crippen LogP contribution in [0.1, 0.15) is 20.8 Å². The summed E-state index contributed by atoms with van der Waals surface area (Å²) in [5.74, 6) is 0.798. The fraction of sp³-hybridized carbons (Fsp3) is 0.923. The van der Waals surface area contributed by atoms with Crippen LogP contribution in [0.5, 0.6) is 0 Å². The molecule has 1 aliphatic rings. The van der Waals surface area contributed by atoms with Crippen LogP contribution in [-0.4, -0.2) is 51.1 Å². The molecule has 2 N–H and O–H groups in total. The smallest absolute Gasteiger partial charge is 0.224 e. The van der Waals surface area contributed by atoms with Crippen LogP contribution in [0.4, 0.5) is 0 Å². The van der Waals surface area contributed by atoms with Crippen LogP contribution in [0.15, 0.2) is 0 Å². The van der Waals surface area contributed by atoms with Crippen molar-refractivity contribution in [3.05, 3.63) is 0 Å².